The molecule has 0 saturated heterocycles. The summed E-state index contributed by atoms with van der Waals surface area (Å²) < 4.78 is 11.0. The van der Waals surface area contributed by atoms with E-state index >= 15 is 0 Å². The summed E-state index contributed by atoms with van der Waals surface area (Å²) in [5.41, 5.74) is 1.52. The number of nitrogens with zero attached hydrogens (tertiary/aromatic N) is 5. The van der Waals surface area contributed by atoms with E-state index in [0.717, 1.165) is 20.6 Å². The quantitative estimate of drug-likeness (QED) is 0.448. The molecule has 0 saturated carbocycles. The second kappa shape index (κ2) is 8.66. The van der Waals surface area contributed by atoms with Crippen LogP contribution in [0.3, 0.4) is 0 Å². The van der Waals surface area contributed by atoms with Gasteiger partial charge in [0.05, 0.1) is 17.3 Å². The lowest BCUT2D eigenvalue weighted by Crippen LogP contribution is -2.23. The van der Waals surface area contributed by atoms with Crippen LogP contribution >= 0.6 is 11.3 Å². The van der Waals surface area contributed by atoms with Crippen molar-refractivity contribution in [2.45, 2.75) is 6.54 Å². The number of tetrazole rings is 1. The summed E-state index contributed by atoms with van der Waals surface area (Å²) in [6, 6.07) is 14.7. The number of benzene rings is 2. The monoisotopic (exact) mass is 424 g/mol. The van der Waals surface area contributed by atoms with Crippen molar-refractivity contribution >= 4 is 38.6 Å². The van der Waals surface area contributed by atoms with Gasteiger partial charge >= 0.3 is 5.97 Å². The summed E-state index contributed by atoms with van der Waals surface area (Å²) in [4.78, 5) is 29.5. The minimum Gasteiger partial charge on any atom is -0.497 e. The van der Waals surface area contributed by atoms with E-state index in [-0.39, 0.29) is 6.54 Å². The number of fused-ring (bicyclic) bond motifs is 1. The van der Waals surface area contributed by atoms with Crippen LogP contribution in [-0.2, 0) is 20.9 Å². The second-order valence-corrected chi connectivity index (χ2v) is 7.10. The molecule has 0 aliphatic rings. The van der Waals surface area contributed by atoms with Gasteiger partial charge < -0.3 is 9.47 Å². The zero-order chi connectivity index (χ0) is 20.9. The van der Waals surface area contributed by atoms with Crippen LogP contribution in [0, 0.1) is 0 Å². The maximum Gasteiger partial charge on any atom is 0.330 e. The molecule has 4 aromatic rings. The molecule has 0 fully saturated rings. The third-order valence-electron chi connectivity index (χ3n) is 3.96. The van der Waals surface area contributed by atoms with E-state index in [4.69, 9.17) is 9.47 Å². The van der Waals surface area contributed by atoms with Gasteiger partial charge in [0.1, 0.15) is 5.75 Å². The first-order valence-electron chi connectivity index (χ1n) is 8.84. The summed E-state index contributed by atoms with van der Waals surface area (Å²) >= 11 is 1.30. The van der Waals surface area contributed by atoms with Crippen LogP contribution in [0.15, 0.2) is 48.5 Å². The largest absolute Gasteiger partial charge is 0.497 e. The molecule has 10 nitrogen and oxygen atoms in total. The molecule has 11 heteroatoms. The number of thiazole rings is 1. The Morgan fingerprint density at radius 2 is 2.00 bits per heavy atom. The molecule has 2 heterocycles. The number of ether oxygens (including phenoxy) is 2. The van der Waals surface area contributed by atoms with Gasteiger partial charge in [-0.25, -0.2) is 9.78 Å². The lowest BCUT2D eigenvalue weighted by molar-refractivity contribution is -0.148. The normalized spacial score (nSPS) is 10.7. The maximum atomic E-state index is 12.1. The summed E-state index contributed by atoms with van der Waals surface area (Å²) in [6.07, 6.45) is 0. The van der Waals surface area contributed by atoms with Gasteiger partial charge in [-0.15, -0.1) is 10.2 Å². The Hall–Kier alpha value is -3.86. The van der Waals surface area contributed by atoms with Crippen LogP contribution in [0.2, 0.25) is 0 Å². The lowest BCUT2D eigenvalue weighted by Gasteiger charge is -2.03. The average molecular weight is 424 g/mol. The summed E-state index contributed by atoms with van der Waals surface area (Å²) in [5, 5.41) is 14.9. The topological polar surface area (TPSA) is 121 Å². The highest BCUT2D eigenvalue weighted by Crippen LogP contribution is 2.29. The zero-order valence-corrected chi connectivity index (χ0v) is 16.6. The van der Waals surface area contributed by atoms with Crippen molar-refractivity contribution in [3.63, 3.8) is 0 Å². The highest BCUT2D eigenvalue weighted by Gasteiger charge is 2.13. The van der Waals surface area contributed by atoms with Gasteiger partial charge in [-0.3, -0.25) is 10.1 Å². The fourth-order valence-corrected chi connectivity index (χ4v) is 3.47. The van der Waals surface area contributed by atoms with E-state index < -0.39 is 18.5 Å². The predicted molar refractivity (Wildman–Crippen MR) is 109 cm³/mol. The molecule has 0 unspecified atom stereocenters. The van der Waals surface area contributed by atoms with Crippen molar-refractivity contribution in [1.82, 2.24) is 25.2 Å². The van der Waals surface area contributed by atoms with Gasteiger partial charge in [0.15, 0.2) is 18.3 Å². The molecule has 0 aliphatic carbocycles. The number of hydrogen-bond acceptors (Lipinski definition) is 9. The standard InChI is InChI=1S/C19H16N6O4S/c1-28-13-7-8-14-15(9-13)30-19(20-14)21-16(26)11-29-17(27)10-25-23-18(22-24-25)12-5-3-2-4-6-12/h2-9H,10-11H2,1H3,(H,20,21,26). The SMILES string of the molecule is COc1ccc2nc(NC(=O)COC(=O)Cn3nnc(-c4ccccc4)n3)sc2c1. The van der Waals surface area contributed by atoms with Crippen LogP contribution in [0.25, 0.3) is 21.6 Å². The van der Waals surface area contributed by atoms with Gasteiger partial charge in [0, 0.05) is 5.56 Å². The highest BCUT2D eigenvalue weighted by atomic mass is 32.1. The van der Waals surface area contributed by atoms with Gasteiger partial charge in [-0.1, -0.05) is 41.7 Å². The molecule has 152 valence electrons. The van der Waals surface area contributed by atoms with Crippen molar-refractivity contribution in [2.75, 3.05) is 19.0 Å². The van der Waals surface area contributed by atoms with E-state index in [2.05, 4.69) is 25.7 Å². The van der Waals surface area contributed by atoms with Crippen molar-refractivity contribution in [2.24, 2.45) is 0 Å². The number of carbonyl (C=O) groups is 2. The van der Waals surface area contributed by atoms with Crippen molar-refractivity contribution < 1.29 is 19.1 Å². The molecule has 1 amide bonds. The minimum atomic E-state index is -0.656. The molecule has 0 atom stereocenters. The molecule has 0 spiro atoms. The van der Waals surface area contributed by atoms with Crippen molar-refractivity contribution in [1.29, 1.82) is 0 Å². The molecule has 0 aliphatic heterocycles. The van der Waals surface area contributed by atoms with Crippen molar-refractivity contribution in [3.05, 3.63) is 48.5 Å². The van der Waals surface area contributed by atoms with Crippen LogP contribution in [-0.4, -0.2) is 50.8 Å². The predicted octanol–water partition coefficient (Wildman–Crippen LogP) is 2.14. The first-order valence-corrected chi connectivity index (χ1v) is 9.65. The molecular formula is C19H16N6O4S. The molecule has 30 heavy (non-hydrogen) atoms. The molecular weight excluding hydrogens is 408 g/mol. The summed E-state index contributed by atoms with van der Waals surface area (Å²) in [5.74, 6) is -0.0502. The number of anilines is 1. The maximum absolute atomic E-state index is 12.1. The minimum absolute atomic E-state index is 0.256. The van der Waals surface area contributed by atoms with Crippen molar-refractivity contribution in [3.8, 4) is 17.1 Å². The van der Waals surface area contributed by atoms with Crippen LogP contribution in [0.4, 0.5) is 5.13 Å². The molecule has 0 bridgehead atoms. The van der Waals surface area contributed by atoms with E-state index in [0.29, 0.717) is 16.7 Å². The smallest absolute Gasteiger partial charge is 0.330 e. The lowest BCUT2D eigenvalue weighted by atomic mass is 10.2. The number of hydrogen-bond donors (Lipinski definition) is 1. The fourth-order valence-electron chi connectivity index (χ4n) is 2.56. The van der Waals surface area contributed by atoms with E-state index in [1.807, 2.05) is 36.4 Å². The Morgan fingerprint density at radius 1 is 1.17 bits per heavy atom. The number of rotatable bonds is 7. The number of aromatic nitrogens is 5. The van der Waals surface area contributed by atoms with Gasteiger partial charge in [0.25, 0.3) is 5.91 Å². The molecule has 2 aromatic heterocycles. The number of methoxy groups -OCH3 is 1. The highest BCUT2D eigenvalue weighted by molar-refractivity contribution is 7.22. The average Bonchev–Trinajstić information content (AvgIpc) is 3.38. The second-order valence-electron chi connectivity index (χ2n) is 6.07. The number of nitrogens with one attached hydrogen (secondary N) is 1. The van der Waals surface area contributed by atoms with Gasteiger partial charge in [-0.2, -0.15) is 4.80 Å². The Labute approximate surface area is 174 Å². The number of esters is 1. The van der Waals surface area contributed by atoms with E-state index in [1.54, 1.807) is 19.2 Å². The Kier molecular flexibility index (Phi) is 5.61. The Morgan fingerprint density at radius 3 is 2.80 bits per heavy atom. The first kappa shape index (κ1) is 19.5. The van der Waals surface area contributed by atoms with Crippen LogP contribution in [0.5, 0.6) is 5.75 Å². The third-order valence-corrected chi connectivity index (χ3v) is 4.90. The van der Waals surface area contributed by atoms with Crippen LogP contribution < -0.4 is 10.1 Å². The number of carbonyl (C=O) groups excluding carboxylic acids is 2. The molecule has 1 N–H and O–H groups in total. The zero-order valence-electron chi connectivity index (χ0n) is 15.8. The van der Waals surface area contributed by atoms with Crippen LogP contribution in [0.1, 0.15) is 0 Å². The fraction of sp³-hybridized carbons (Fsp3) is 0.158. The first-order chi connectivity index (χ1) is 14.6. The Balaban J connectivity index is 1.29. The molecule has 2 aromatic carbocycles. The van der Waals surface area contributed by atoms with E-state index in [9.17, 15) is 9.59 Å². The molecule has 4 rings (SSSR count). The molecule has 0 radical (unpaired) electrons. The van der Waals surface area contributed by atoms with E-state index in [1.165, 1.54) is 11.3 Å². The Bertz CT molecular complexity index is 1190. The summed E-state index contributed by atoms with van der Waals surface area (Å²) in [7, 11) is 1.58. The number of amides is 1. The third kappa shape index (κ3) is 4.58. The summed E-state index contributed by atoms with van der Waals surface area (Å²) in [6.45, 7) is -0.702. The van der Waals surface area contributed by atoms with Gasteiger partial charge in [0.2, 0.25) is 5.82 Å². The van der Waals surface area contributed by atoms with Gasteiger partial charge in [-0.05, 0) is 23.4 Å².